The first-order chi connectivity index (χ1) is 18.1. The Morgan fingerprint density at radius 2 is 1.41 bits per heavy atom. The van der Waals surface area contributed by atoms with Crippen molar-refractivity contribution in [1.29, 1.82) is 0 Å². The second kappa shape index (κ2) is 13.5. The maximum absolute atomic E-state index is 12.8. The van der Waals surface area contributed by atoms with E-state index >= 15 is 0 Å². The van der Waals surface area contributed by atoms with Crippen LogP contribution in [0, 0.1) is 24.0 Å². The first kappa shape index (κ1) is 30.7. The van der Waals surface area contributed by atoms with E-state index in [1.54, 1.807) is 6.07 Å². The van der Waals surface area contributed by atoms with Crippen molar-refractivity contribution in [2.45, 2.75) is 36.5 Å². The zero-order chi connectivity index (χ0) is 27.2. The van der Waals surface area contributed by atoms with Gasteiger partial charge in [-0.25, -0.2) is 11.1 Å². The van der Waals surface area contributed by atoms with Crippen LogP contribution in [0.15, 0.2) is 109 Å². The van der Waals surface area contributed by atoms with Crippen molar-refractivity contribution >= 4 is 17.7 Å². The van der Waals surface area contributed by atoms with Crippen LogP contribution in [0.1, 0.15) is 25.0 Å². The second-order valence-corrected chi connectivity index (χ2v) is 21.5. The maximum atomic E-state index is 12.8. The molecule has 1 aromatic heterocycles. The zero-order valence-corrected chi connectivity index (χ0v) is 27.5. The van der Waals surface area contributed by atoms with Crippen LogP contribution in [0.3, 0.4) is 0 Å². The molecule has 4 aromatic carbocycles. The fraction of sp³-hybridized carbons (Fsp3) is 0.171. The number of hydrogen-bond donors (Lipinski definition) is 0. The molecule has 0 aliphatic carbocycles. The summed E-state index contributed by atoms with van der Waals surface area (Å²) in [6.07, 6.45) is 1.95. The molecule has 0 aliphatic heterocycles. The fourth-order valence-electron chi connectivity index (χ4n) is 4.16. The molecule has 0 fully saturated rings. The smallest absolute Gasteiger partial charge is 3.00 e. The standard InChI is InChI=1S/C21H18.C14H15FGeN.Ir/c1-21(2,19-13-7-4-8-14-19)20-15-9-12-18(16-20)17-10-5-3-6-11-17;1-16(2,3)13-8-9-14(17-10-13)11-4-6-12(15)7-5-11;/h3-10,13-16H,1-2H3;4,6-10H,1-3H3;/q-2;-1;+3. The fourth-order valence-corrected chi connectivity index (χ4v) is 6.33. The van der Waals surface area contributed by atoms with Gasteiger partial charge in [-0.1, -0.05) is 44.2 Å². The molecule has 0 spiro atoms. The molecule has 0 atom stereocenters. The van der Waals surface area contributed by atoms with E-state index in [4.69, 9.17) is 0 Å². The number of aromatic nitrogens is 1. The summed E-state index contributed by atoms with van der Waals surface area (Å²) < 4.78 is 14.1. The monoisotopic (exact) mass is 753 g/mol. The quantitative estimate of drug-likeness (QED) is 0.130. The Morgan fingerprint density at radius 3 is 2.00 bits per heavy atom. The van der Waals surface area contributed by atoms with Gasteiger partial charge in [0.1, 0.15) is 0 Å². The normalized spacial score (nSPS) is 11.1. The molecule has 0 amide bonds. The average Bonchev–Trinajstić information content (AvgIpc) is 2.94. The summed E-state index contributed by atoms with van der Waals surface area (Å²) in [6.45, 7) is 4.52. The van der Waals surface area contributed by atoms with Gasteiger partial charge in [0.2, 0.25) is 0 Å². The van der Waals surface area contributed by atoms with Crippen molar-refractivity contribution in [2.75, 3.05) is 0 Å². The molecule has 5 aromatic rings. The summed E-state index contributed by atoms with van der Waals surface area (Å²) in [4.78, 5) is 4.44. The van der Waals surface area contributed by atoms with Gasteiger partial charge in [0, 0.05) is 0 Å². The van der Waals surface area contributed by atoms with E-state index in [0.717, 1.165) is 22.4 Å². The molecule has 1 nitrogen and oxygen atoms in total. The van der Waals surface area contributed by atoms with Crippen molar-refractivity contribution in [3.8, 4) is 22.4 Å². The summed E-state index contributed by atoms with van der Waals surface area (Å²) in [7, 11) is 0. The van der Waals surface area contributed by atoms with Crippen LogP contribution in [0.25, 0.3) is 22.4 Å². The van der Waals surface area contributed by atoms with Crippen LogP contribution in [-0.2, 0) is 25.5 Å². The number of hydrogen-bond acceptors (Lipinski definition) is 1. The third-order valence-electron chi connectivity index (χ3n) is 6.70. The molecule has 0 bridgehead atoms. The van der Waals surface area contributed by atoms with Crippen molar-refractivity contribution in [3.63, 3.8) is 0 Å². The van der Waals surface area contributed by atoms with E-state index in [2.05, 4.69) is 109 Å². The van der Waals surface area contributed by atoms with Crippen molar-refractivity contribution < 1.29 is 24.5 Å². The van der Waals surface area contributed by atoms with Gasteiger partial charge < -0.3 is 0 Å². The Hall–Kier alpha value is -2.85. The van der Waals surface area contributed by atoms with Gasteiger partial charge in [0.15, 0.2) is 0 Å². The Kier molecular flexibility index (Phi) is 10.6. The minimum absolute atomic E-state index is 0. The van der Waals surface area contributed by atoms with Gasteiger partial charge in [-0.05, 0) is 11.0 Å². The van der Waals surface area contributed by atoms with Crippen molar-refractivity contribution in [2.24, 2.45) is 0 Å². The maximum Gasteiger partial charge on any atom is 3.00 e. The Bertz CT molecular complexity index is 1440. The van der Waals surface area contributed by atoms with E-state index in [1.807, 2.05) is 36.5 Å². The molecule has 1 heterocycles. The number of benzene rings is 4. The Labute approximate surface area is 249 Å². The Morgan fingerprint density at radius 1 is 0.692 bits per heavy atom. The van der Waals surface area contributed by atoms with Gasteiger partial charge in [-0.3, -0.25) is 0 Å². The van der Waals surface area contributed by atoms with E-state index in [0.29, 0.717) is 0 Å². The summed E-state index contributed by atoms with van der Waals surface area (Å²) in [5.41, 5.74) is 6.44. The number of nitrogens with zero attached hydrogens (tertiary/aromatic N) is 1. The summed E-state index contributed by atoms with van der Waals surface area (Å²) in [5.74, 6) is 6.73. The molecular weight excluding hydrogens is 718 g/mol. The predicted molar refractivity (Wildman–Crippen MR) is 160 cm³/mol. The SMILES string of the molecule is CC(C)(c1ccccc1)c1cc[c-]c(-c2[c-]cccc2)c1.[CH3][Ge]([CH3])([CH3])[c]1ccc(-c2[c-]cc(F)cc2)nc1.[Ir+3]. The minimum atomic E-state index is -1.79. The molecule has 0 N–H and O–H groups in total. The first-order valence-electron chi connectivity index (χ1n) is 12.8. The number of pyridine rings is 1. The number of halogens is 1. The molecule has 4 heteroatoms. The predicted octanol–water partition coefficient (Wildman–Crippen LogP) is 8.51. The molecule has 0 unspecified atom stereocenters. The van der Waals surface area contributed by atoms with E-state index < -0.39 is 13.3 Å². The molecule has 0 saturated heterocycles. The molecule has 0 saturated carbocycles. The summed E-state index contributed by atoms with van der Waals surface area (Å²) in [6, 6.07) is 43.1. The van der Waals surface area contributed by atoms with E-state index in [9.17, 15) is 4.39 Å². The zero-order valence-electron chi connectivity index (χ0n) is 23.1. The third-order valence-corrected chi connectivity index (χ3v) is 11.0. The van der Waals surface area contributed by atoms with Crippen LogP contribution in [0.5, 0.6) is 0 Å². The molecule has 198 valence electrons. The van der Waals surface area contributed by atoms with Gasteiger partial charge in [0.25, 0.3) is 0 Å². The Balaban J connectivity index is 0.000000215. The van der Waals surface area contributed by atoms with E-state index in [1.165, 1.54) is 27.7 Å². The van der Waals surface area contributed by atoms with Crippen LogP contribution < -0.4 is 4.40 Å². The molecule has 0 aliphatic rings. The van der Waals surface area contributed by atoms with Crippen molar-refractivity contribution in [3.05, 3.63) is 144 Å². The molecule has 0 radical (unpaired) electrons. The van der Waals surface area contributed by atoms with Gasteiger partial charge in [-0.2, -0.15) is 42.5 Å². The number of rotatable bonds is 5. The molecule has 39 heavy (non-hydrogen) atoms. The van der Waals surface area contributed by atoms with Crippen LogP contribution >= 0.6 is 0 Å². The summed E-state index contributed by atoms with van der Waals surface area (Å²) in [5, 5.41) is 0. The van der Waals surface area contributed by atoms with Gasteiger partial charge in [-0.15, -0.1) is 17.7 Å². The minimum Gasteiger partial charge on any atom is 3.00 e. The third kappa shape index (κ3) is 8.08. The van der Waals surface area contributed by atoms with Gasteiger partial charge >= 0.3 is 124 Å². The first-order valence-corrected chi connectivity index (χ1v) is 20.2. The van der Waals surface area contributed by atoms with Crippen LogP contribution in [0.4, 0.5) is 4.39 Å². The second-order valence-electron chi connectivity index (χ2n) is 10.9. The van der Waals surface area contributed by atoms with Crippen LogP contribution in [0.2, 0.25) is 17.3 Å². The topological polar surface area (TPSA) is 12.9 Å². The molecular formula is C35H33FGeIrN. The van der Waals surface area contributed by atoms with E-state index in [-0.39, 0.29) is 31.3 Å². The van der Waals surface area contributed by atoms with Crippen LogP contribution in [-0.4, -0.2) is 18.3 Å². The van der Waals surface area contributed by atoms with Gasteiger partial charge in [0.05, 0.1) is 0 Å². The summed E-state index contributed by atoms with van der Waals surface area (Å²) >= 11 is -1.79. The average molecular weight is 751 g/mol. The largest absolute Gasteiger partial charge is 3.00 e. The van der Waals surface area contributed by atoms with Crippen molar-refractivity contribution in [1.82, 2.24) is 4.98 Å². The molecule has 5 rings (SSSR count).